The number of H-pyrrole nitrogens is 1. The molecule has 0 unspecified atom stereocenters. The fourth-order valence-electron chi connectivity index (χ4n) is 4.54. The van der Waals surface area contributed by atoms with Crippen molar-refractivity contribution in [3.8, 4) is 5.75 Å². The van der Waals surface area contributed by atoms with Crippen LogP contribution in [0.5, 0.6) is 5.75 Å². The zero-order valence-corrected chi connectivity index (χ0v) is 16.4. The largest absolute Gasteiger partial charge is 0.496 e. The number of fused-ring (bicyclic) bond motifs is 5. The van der Waals surface area contributed by atoms with Crippen molar-refractivity contribution in [1.82, 2.24) is 9.88 Å². The molecule has 146 valence electrons. The van der Waals surface area contributed by atoms with Crippen molar-refractivity contribution in [2.75, 3.05) is 20.8 Å². The van der Waals surface area contributed by atoms with Crippen LogP contribution in [0.1, 0.15) is 22.7 Å². The third-order valence-corrected chi connectivity index (χ3v) is 5.84. The highest BCUT2D eigenvalue weighted by atomic mass is 16.5. The van der Waals surface area contributed by atoms with Crippen molar-refractivity contribution in [2.24, 2.45) is 0 Å². The maximum absolute atomic E-state index is 13.0. The topological polar surface area (TPSA) is 54.6 Å². The lowest BCUT2D eigenvalue weighted by Gasteiger charge is -2.35. The summed E-state index contributed by atoms with van der Waals surface area (Å²) in [5, 5.41) is 1.21. The first-order chi connectivity index (χ1) is 14.2. The molecule has 2 aromatic carbocycles. The van der Waals surface area contributed by atoms with E-state index >= 15 is 0 Å². The van der Waals surface area contributed by atoms with Gasteiger partial charge in [0, 0.05) is 35.1 Å². The molecule has 1 N–H and O–H groups in total. The maximum atomic E-state index is 13.0. The predicted molar refractivity (Wildman–Crippen MR) is 113 cm³/mol. The molecule has 2 aliphatic heterocycles. The lowest BCUT2D eigenvalue weighted by atomic mass is 9.84. The third-order valence-electron chi connectivity index (χ3n) is 5.84. The molecular formula is C24H22N2O3. The van der Waals surface area contributed by atoms with Gasteiger partial charge in [0.1, 0.15) is 5.75 Å². The first-order valence-corrected chi connectivity index (χ1v) is 9.73. The van der Waals surface area contributed by atoms with Crippen LogP contribution in [0.2, 0.25) is 0 Å². The van der Waals surface area contributed by atoms with E-state index in [0.717, 1.165) is 41.2 Å². The molecule has 29 heavy (non-hydrogen) atoms. The van der Waals surface area contributed by atoms with Crippen molar-refractivity contribution in [1.29, 1.82) is 0 Å². The number of ether oxygens (including phenoxy) is 2. The van der Waals surface area contributed by atoms with Gasteiger partial charge in [-0.3, -0.25) is 0 Å². The molecule has 3 aromatic rings. The number of rotatable bonds is 3. The Kier molecular flexibility index (Phi) is 4.16. The van der Waals surface area contributed by atoms with E-state index in [4.69, 9.17) is 9.47 Å². The summed E-state index contributed by atoms with van der Waals surface area (Å²) in [4.78, 5) is 18.7. The molecule has 0 saturated carbocycles. The van der Waals surface area contributed by atoms with Gasteiger partial charge in [-0.2, -0.15) is 0 Å². The monoisotopic (exact) mass is 386 g/mol. The van der Waals surface area contributed by atoms with Gasteiger partial charge in [-0.15, -0.1) is 0 Å². The number of methoxy groups -OCH3 is 2. The van der Waals surface area contributed by atoms with E-state index in [1.165, 1.54) is 18.1 Å². The highest BCUT2D eigenvalue weighted by Crippen LogP contribution is 2.44. The van der Waals surface area contributed by atoms with Crippen LogP contribution in [0.15, 0.2) is 66.4 Å². The number of hydrogen-bond donors (Lipinski definition) is 1. The molecule has 5 heteroatoms. The summed E-state index contributed by atoms with van der Waals surface area (Å²) in [5.41, 5.74) is 5.81. The van der Waals surface area contributed by atoms with Gasteiger partial charge < -0.3 is 19.4 Å². The Labute approximate surface area is 169 Å². The lowest BCUT2D eigenvalue weighted by molar-refractivity contribution is -0.136. The Bertz CT molecular complexity index is 1170. The second-order valence-electron chi connectivity index (χ2n) is 7.28. The van der Waals surface area contributed by atoms with E-state index in [1.807, 2.05) is 30.3 Å². The second kappa shape index (κ2) is 6.85. The van der Waals surface area contributed by atoms with Crippen LogP contribution in [-0.4, -0.2) is 36.6 Å². The van der Waals surface area contributed by atoms with E-state index in [1.54, 1.807) is 7.11 Å². The highest BCUT2D eigenvalue weighted by Gasteiger charge is 2.36. The molecule has 0 radical (unpaired) electrons. The summed E-state index contributed by atoms with van der Waals surface area (Å²) in [6, 6.07) is 16.1. The molecule has 0 fully saturated rings. The van der Waals surface area contributed by atoms with Gasteiger partial charge in [-0.05, 0) is 24.1 Å². The second-order valence-corrected chi connectivity index (χ2v) is 7.28. The molecule has 0 bridgehead atoms. The van der Waals surface area contributed by atoms with E-state index in [2.05, 4.69) is 40.4 Å². The van der Waals surface area contributed by atoms with Crippen LogP contribution in [-0.2, 0) is 16.0 Å². The number of benzene rings is 2. The van der Waals surface area contributed by atoms with Crippen LogP contribution in [0.3, 0.4) is 0 Å². The quantitative estimate of drug-likeness (QED) is 0.685. The van der Waals surface area contributed by atoms with Crippen LogP contribution in [0, 0.1) is 0 Å². The van der Waals surface area contributed by atoms with Crippen molar-refractivity contribution in [2.45, 2.75) is 12.3 Å². The summed E-state index contributed by atoms with van der Waals surface area (Å²) in [6.07, 6.45) is 5.05. The average molecular weight is 386 g/mol. The molecule has 0 amide bonds. The minimum atomic E-state index is -0.322. The fourth-order valence-corrected chi connectivity index (χ4v) is 4.54. The minimum absolute atomic E-state index is 0.248. The van der Waals surface area contributed by atoms with Gasteiger partial charge in [0.05, 0.1) is 31.2 Å². The van der Waals surface area contributed by atoms with Crippen LogP contribution in [0.4, 0.5) is 0 Å². The SMILES string of the molecule is COC(=O)C1=C2c3[nH]c4ccccc4c3CCN2C=C[C@H]1c1ccccc1OC. The van der Waals surface area contributed by atoms with Crippen LogP contribution in [0.25, 0.3) is 16.6 Å². The summed E-state index contributed by atoms with van der Waals surface area (Å²) in [7, 11) is 3.09. The summed E-state index contributed by atoms with van der Waals surface area (Å²) >= 11 is 0. The number of aromatic nitrogens is 1. The summed E-state index contributed by atoms with van der Waals surface area (Å²) in [6.45, 7) is 0.819. The number of aromatic amines is 1. The summed E-state index contributed by atoms with van der Waals surface area (Å²) < 4.78 is 10.8. The Morgan fingerprint density at radius 3 is 2.72 bits per heavy atom. The average Bonchev–Trinajstić information content (AvgIpc) is 3.16. The number of nitrogens with one attached hydrogen (secondary N) is 1. The summed E-state index contributed by atoms with van der Waals surface area (Å²) in [5.74, 6) is 0.184. The molecule has 5 rings (SSSR count). The molecule has 0 spiro atoms. The first kappa shape index (κ1) is 17.6. The molecule has 1 atom stereocenters. The molecule has 1 aromatic heterocycles. The van der Waals surface area contributed by atoms with E-state index in [9.17, 15) is 4.79 Å². The van der Waals surface area contributed by atoms with Crippen LogP contribution < -0.4 is 4.74 Å². The number of esters is 1. The molecule has 3 heterocycles. The number of allylic oxidation sites excluding steroid dienone is 1. The van der Waals surface area contributed by atoms with Gasteiger partial charge in [0.15, 0.2) is 0 Å². The third kappa shape index (κ3) is 2.65. The standard InChI is InChI=1S/C24H22N2O3/c1-28-20-10-6-4-8-16(20)17-11-13-26-14-12-18-15-7-3-5-9-19(15)25-22(18)23(26)21(17)24(27)29-2/h3-11,13,17,25H,12,14H2,1-2H3/t17-/m0/s1. The lowest BCUT2D eigenvalue weighted by Crippen LogP contribution is -2.32. The van der Waals surface area contributed by atoms with Crippen molar-refractivity contribution < 1.29 is 14.3 Å². The van der Waals surface area contributed by atoms with Gasteiger partial charge in [-0.1, -0.05) is 42.5 Å². The molecule has 0 aliphatic carbocycles. The highest BCUT2D eigenvalue weighted by molar-refractivity contribution is 6.02. The van der Waals surface area contributed by atoms with Crippen molar-refractivity contribution >= 4 is 22.6 Å². The van der Waals surface area contributed by atoms with E-state index in [0.29, 0.717) is 5.57 Å². The van der Waals surface area contributed by atoms with Gasteiger partial charge >= 0.3 is 5.97 Å². The molecule has 0 saturated heterocycles. The van der Waals surface area contributed by atoms with E-state index in [-0.39, 0.29) is 11.9 Å². The normalized spacial score (nSPS) is 17.9. The van der Waals surface area contributed by atoms with Gasteiger partial charge in [0.25, 0.3) is 0 Å². The first-order valence-electron chi connectivity index (χ1n) is 9.73. The zero-order chi connectivity index (χ0) is 20.0. The van der Waals surface area contributed by atoms with Gasteiger partial charge in [-0.25, -0.2) is 4.79 Å². The minimum Gasteiger partial charge on any atom is -0.496 e. The Hall–Kier alpha value is -3.47. The number of para-hydroxylation sites is 2. The fraction of sp³-hybridized carbons (Fsp3) is 0.208. The number of carbonyl (C=O) groups excluding carboxylic acids is 1. The van der Waals surface area contributed by atoms with Gasteiger partial charge in [0.2, 0.25) is 0 Å². The Morgan fingerprint density at radius 1 is 1.10 bits per heavy atom. The predicted octanol–water partition coefficient (Wildman–Crippen LogP) is 4.23. The smallest absolute Gasteiger partial charge is 0.336 e. The number of nitrogens with zero attached hydrogens (tertiary/aromatic N) is 1. The van der Waals surface area contributed by atoms with Crippen molar-refractivity contribution in [3.05, 3.63) is 83.2 Å². The van der Waals surface area contributed by atoms with E-state index < -0.39 is 0 Å². The zero-order valence-electron chi connectivity index (χ0n) is 16.4. The molecular weight excluding hydrogens is 364 g/mol. The van der Waals surface area contributed by atoms with Crippen LogP contribution >= 0.6 is 0 Å². The van der Waals surface area contributed by atoms with Crippen molar-refractivity contribution in [3.63, 3.8) is 0 Å². The maximum Gasteiger partial charge on any atom is 0.336 e. The number of hydrogen-bond acceptors (Lipinski definition) is 4. The number of carbonyl (C=O) groups is 1. The Balaban J connectivity index is 1.78. The Morgan fingerprint density at radius 2 is 1.90 bits per heavy atom. The molecule has 2 aliphatic rings. The molecule has 5 nitrogen and oxygen atoms in total.